The molecular formula is C14H20BrN3. The van der Waals surface area contributed by atoms with Crippen molar-refractivity contribution in [3.63, 3.8) is 0 Å². The zero-order chi connectivity index (χ0) is 13.7. The lowest BCUT2D eigenvalue weighted by Crippen LogP contribution is -2.50. The van der Waals surface area contributed by atoms with E-state index in [2.05, 4.69) is 53.8 Å². The van der Waals surface area contributed by atoms with Gasteiger partial charge in [-0.15, -0.1) is 0 Å². The Morgan fingerprint density at radius 3 is 2.39 bits per heavy atom. The van der Waals surface area contributed by atoms with Gasteiger partial charge in [0, 0.05) is 15.4 Å². The summed E-state index contributed by atoms with van der Waals surface area (Å²) in [5, 5.41) is 0. The molecule has 1 aromatic carbocycles. The van der Waals surface area contributed by atoms with Crippen molar-refractivity contribution in [1.29, 1.82) is 0 Å². The number of hydrogen-bond acceptors (Lipinski definition) is 2. The number of H-pyrrole nitrogens is 1. The van der Waals surface area contributed by atoms with Crippen LogP contribution in [0.2, 0.25) is 0 Å². The third-order valence-corrected chi connectivity index (χ3v) is 4.40. The molecule has 0 atom stereocenters. The van der Waals surface area contributed by atoms with Gasteiger partial charge in [-0.2, -0.15) is 0 Å². The van der Waals surface area contributed by atoms with Gasteiger partial charge in [-0.05, 0) is 38.5 Å². The number of halogens is 1. The van der Waals surface area contributed by atoms with Crippen LogP contribution in [-0.2, 0) is 5.41 Å². The molecule has 0 aliphatic carbocycles. The highest BCUT2D eigenvalue weighted by molar-refractivity contribution is 9.10. The Kier molecular flexibility index (Phi) is 3.06. The molecule has 1 aromatic heterocycles. The summed E-state index contributed by atoms with van der Waals surface area (Å²) in [6.07, 6.45) is 0. The van der Waals surface area contributed by atoms with Gasteiger partial charge in [-0.3, -0.25) is 0 Å². The maximum Gasteiger partial charge on any atom is 0.114 e. The average molecular weight is 310 g/mol. The first-order valence-corrected chi connectivity index (χ1v) is 6.87. The van der Waals surface area contributed by atoms with E-state index < -0.39 is 0 Å². The van der Waals surface area contributed by atoms with Gasteiger partial charge in [-0.25, -0.2) is 4.98 Å². The maximum absolute atomic E-state index is 6.27. The molecule has 0 aliphatic rings. The number of imidazole rings is 1. The van der Waals surface area contributed by atoms with E-state index in [9.17, 15) is 0 Å². The predicted octanol–water partition coefficient (Wildman–Crippen LogP) is 3.65. The minimum absolute atomic E-state index is 0.217. The SMILES string of the molecule is Cc1cc(Br)cc2[nH]c(C(C)(C)C(C)(C)N)nc12. The molecule has 0 spiro atoms. The van der Waals surface area contributed by atoms with Gasteiger partial charge in [0.15, 0.2) is 0 Å². The van der Waals surface area contributed by atoms with Crippen molar-refractivity contribution >= 4 is 27.0 Å². The maximum atomic E-state index is 6.27. The van der Waals surface area contributed by atoms with E-state index >= 15 is 0 Å². The van der Waals surface area contributed by atoms with Gasteiger partial charge in [-0.1, -0.05) is 29.8 Å². The molecule has 0 saturated heterocycles. The normalized spacial score (nSPS) is 13.3. The van der Waals surface area contributed by atoms with Gasteiger partial charge in [0.2, 0.25) is 0 Å². The van der Waals surface area contributed by atoms with E-state index in [1.54, 1.807) is 0 Å². The van der Waals surface area contributed by atoms with Gasteiger partial charge in [0.25, 0.3) is 0 Å². The number of rotatable bonds is 2. The van der Waals surface area contributed by atoms with E-state index in [4.69, 9.17) is 10.7 Å². The number of benzene rings is 1. The molecule has 0 amide bonds. The number of fused-ring (bicyclic) bond motifs is 1. The Morgan fingerprint density at radius 2 is 1.83 bits per heavy atom. The minimum Gasteiger partial charge on any atom is -0.341 e. The van der Waals surface area contributed by atoms with Crippen LogP contribution in [0, 0.1) is 6.92 Å². The van der Waals surface area contributed by atoms with Crippen LogP contribution in [-0.4, -0.2) is 15.5 Å². The molecule has 1 heterocycles. The smallest absolute Gasteiger partial charge is 0.114 e. The molecule has 0 aliphatic heterocycles. The van der Waals surface area contributed by atoms with Gasteiger partial charge >= 0.3 is 0 Å². The Labute approximate surface area is 116 Å². The number of nitrogens with one attached hydrogen (secondary N) is 1. The number of aromatic amines is 1. The van der Waals surface area contributed by atoms with E-state index in [-0.39, 0.29) is 11.0 Å². The zero-order valence-corrected chi connectivity index (χ0v) is 13.1. The van der Waals surface area contributed by atoms with Crippen LogP contribution in [0.4, 0.5) is 0 Å². The fourth-order valence-corrected chi connectivity index (χ4v) is 2.42. The van der Waals surface area contributed by atoms with E-state index in [0.717, 1.165) is 26.9 Å². The van der Waals surface area contributed by atoms with E-state index in [1.165, 1.54) is 0 Å². The Hall–Kier alpha value is -0.870. The molecule has 0 unspecified atom stereocenters. The molecule has 0 fully saturated rings. The third kappa shape index (κ3) is 2.08. The van der Waals surface area contributed by atoms with Crippen molar-refractivity contribution in [1.82, 2.24) is 9.97 Å². The van der Waals surface area contributed by atoms with Crippen molar-refractivity contribution in [2.24, 2.45) is 5.73 Å². The first kappa shape index (κ1) is 13.6. The number of nitrogens with two attached hydrogens (primary N) is 1. The summed E-state index contributed by atoms with van der Waals surface area (Å²) in [6, 6.07) is 4.13. The van der Waals surface area contributed by atoms with Gasteiger partial charge < -0.3 is 10.7 Å². The standard InChI is InChI=1S/C14H20BrN3/c1-8-6-9(15)7-10-11(8)18-12(17-10)13(2,3)14(4,5)16/h6-7H,16H2,1-5H3,(H,17,18). The number of aryl methyl sites for hydroxylation is 1. The summed E-state index contributed by atoms with van der Waals surface area (Å²) in [5.74, 6) is 0.936. The highest BCUT2D eigenvalue weighted by Crippen LogP contribution is 2.33. The molecule has 18 heavy (non-hydrogen) atoms. The molecule has 3 nitrogen and oxygen atoms in total. The van der Waals surface area contributed by atoms with Crippen molar-refractivity contribution in [3.05, 3.63) is 28.0 Å². The summed E-state index contributed by atoms with van der Waals surface area (Å²) in [6.45, 7) is 10.4. The van der Waals surface area contributed by atoms with Crippen LogP contribution < -0.4 is 5.73 Å². The quantitative estimate of drug-likeness (QED) is 0.889. The summed E-state index contributed by atoms with van der Waals surface area (Å²) in [4.78, 5) is 8.14. The molecule has 4 heteroatoms. The van der Waals surface area contributed by atoms with Crippen LogP contribution in [0.5, 0.6) is 0 Å². The highest BCUT2D eigenvalue weighted by Gasteiger charge is 2.37. The third-order valence-electron chi connectivity index (χ3n) is 3.94. The van der Waals surface area contributed by atoms with Gasteiger partial charge in [0.1, 0.15) is 5.82 Å². The Balaban J connectivity index is 2.65. The average Bonchev–Trinajstić information content (AvgIpc) is 2.59. The summed E-state index contributed by atoms with van der Waals surface area (Å²) >= 11 is 3.51. The van der Waals surface area contributed by atoms with E-state index in [1.807, 2.05) is 13.8 Å². The second kappa shape index (κ2) is 4.07. The van der Waals surface area contributed by atoms with Gasteiger partial charge in [0.05, 0.1) is 11.0 Å². The second-order valence-electron chi connectivity index (χ2n) is 6.05. The van der Waals surface area contributed by atoms with E-state index in [0.29, 0.717) is 0 Å². The van der Waals surface area contributed by atoms with Crippen LogP contribution in [0.25, 0.3) is 11.0 Å². The van der Waals surface area contributed by atoms with Crippen molar-refractivity contribution in [2.75, 3.05) is 0 Å². The molecule has 3 N–H and O–H groups in total. The summed E-state index contributed by atoms with van der Waals surface area (Å²) in [7, 11) is 0. The van der Waals surface area contributed by atoms with Crippen molar-refractivity contribution in [2.45, 2.75) is 45.6 Å². The predicted molar refractivity (Wildman–Crippen MR) is 79.8 cm³/mol. The molecule has 2 aromatic rings. The fraction of sp³-hybridized carbons (Fsp3) is 0.500. The Morgan fingerprint density at radius 1 is 1.22 bits per heavy atom. The number of nitrogens with zero attached hydrogens (tertiary/aromatic N) is 1. The Bertz CT molecular complexity index is 591. The molecular weight excluding hydrogens is 290 g/mol. The minimum atomic E-state index is -0.341. The molecule has 2 rings (SSSR count). The largest absolute Gasteiger partial charge is 0.341 e. The topological polar surface area (TPSA) is 54.7 Å². The lowest BCUT2D eigenvalue weighted by atomic mass is 9.74. The zero-order valence-electron chi connectivity index (χ0n) is 11.6. The number of aromatic nitrogens is 2. The lowest BCUT2D eigenvalue weighted by molar-refractivity contribution is 0.293. The summed E-state index contributed by atoms with van der Waals surface area (Å²) in [5.41, 5.74) is 8.94. The van der Waals surface area contributed by atoms with Crippen LogP contribution in [0.3, 0.4) is 0 Å². The van der Waals surface area contributed by atoms with Crippen LogP contribution in [0.15, 0.2) is 16.6 Å². The number of hydrogen-bond donors (Lipinski definition) is 2. The molecule has 0 saturated carbocycles. The van der Waals surface area contributed by atoms with Crippen LogP contribution >= 0.6 is 15.9 Å². The lowest BCUT2D eigenvalue weighted by Gasteiger charge is -2.36. The molecule has 0 bridgehead atoms. The second-order valence-corrected chi connectivity index (χ2v) is 6.97. The first-order valence-electron chi connectivity index (χ1n) is 6.08. The summed E-state index contributed by atoms with van der Waals surface area (Å²) < 4.78 is 1.06. The fourth-order valence-electron chi connectivity index (χ4n) is 1.85. The van der Waals surface area contributed by atoms with Crippen molar-refractivity contribution in [3.8, 4) is 0 Å². The highest BCUT2D eigenvalue weighted by atomic mass is 79.9. The van der Waals surface area contributed by atoms with Crippen molar-refractivity contribution < 1.29 is 0 Å². The first-order chi connectivity index (χ1) is 8.13. The molecule has 98 valence electrons. The monoisotopic (exact) mass is 309 g/mol. The molecule has 0 radical (unpaired) electrons. The van der Waals surface area contributed by atoms with Crippen LogP contribution in [0.1, 0.15) is 39.1 Å².